The molecule has 1 atom stereocenters. The van der Waals surface area contributed by atoms with Gasteiger partial charge < -0.3 is 14.3 Å². The van der Waals surface area contributed by atoms with Crippen molar-refractivity contribution in [3.8, 4) is 0 Å². The van der Waals surface area contributed by atoms with Gasteiger partial charge in [-0.25, -0.2) is 0 Å². The van der Waals surface area contributed by atoms with Crippen molar-refractivity contribution in [2.24, 2.45) is 0 Å². The van der Waals surface area contributed by atoms with Gasteiger partial charge in [-0.2, -0.15) is 0 Å². The molecular weight excluding hydrogens is 295 g/mol. The van der Waals surface area contributed by atoms with E-state index in [4.69, 9.17) is 14.3 Å². The van der Waals surface area contributed by atoms with E-state index in [2.05, 4.69) is 31.2 Å². The van der Waals surface area contributed by atoms with Crippen LogP contribution >= 0.6 is 8.60 Å². The summed E-state index contributed by atoms with van der Waals surface area (Å²) in [5, 5.41) is 0. The average Bonchev–Trinajstić information content (AvgIpc) is 2.49. The van der Waals surface area contributed by atoms with Gasteiger partial charge in [0.1, 0.15) is 0 Å². The molecule has 118 valence electrons. The van der Waals surface area contributed by atoms with Gasteiger partial charge in [0.2, 0.25) is 0 Å². The number of rotatable bonds is 8. The highest BCUT2D eigenvalue weighted by atomic mass is 31.2. The van der Waals surface area contributed by atoms with Crippen LogP contribution in [0.15, 0.2) is 54.6 Å². The SMILES string of the molecule is Cc1ccc(CCCC(Cc2ccccc2)OP(O)O)cc1. The molecular formula is C18H23O3P. The maximum Gasteiger partial charge on any atom is 0.327 e. The predicted molar refractivity (Wildman–Crippen MR) is 90.5 cm³/mol. The van der Waals surface area contributed by atoms with E-state index in [-0.39, 0.29) is 6.10 Å². The fraction of sp³-hybridized carbons (Fsp3) is 0.333. The molecule has 0 saturated heterocycles. The Morgan fingerprint density at radius 3 is 2.27 bits per heavy atom. The van der Waals surface area contributed by atoms with Crippen LogP contribution in [-0.4, -0.2) is 15.9 Å². The van der Waals surface area contributed by atoms with Gasteiger partial charge in [0, 0.05) is 0 Å². The summed E-state index contributed by atoms with van der Waals surface area (Å²) >= 11 is 0. The summed E-state index contributed by atoms with van der Waals surface area (Å²) in [6.45, 7) is 2.08. The van der Waals surface area contributed by atoms with Gasteiger partial charge in [0.15, 0.2) is 0 Å². The highest BCUT2D eigenvalue weighted by molar-refractivity contribution is 7.39. The lowest BCUT2D eigenvalue weighted by atomic mass is 10.0. The third kappa shape index (κ3) is 6.25. The monoisotopic (exact) mass is 318 g/mol. The largest absolute Gasteiger partial charge is 0.328 e. The van der Waals surface area contributed by atoms with Crippen LogP contribution < -0.4 is 0 Å². The number of aryl methyl sites for hydroxylation is 2. The van der Waals surface area contributed by atoms with Crippen LogP contribution in [0.4, 0.5) is 0 Å². The molecule has 2 N–H and O–H groups in total. The standard InChI is InChI=1S/C18H23O3P/c1-15-10-12-16(13-11-15)8-5-9-18(21-22(19)20)14-17-6-3-2-4-7-17/h2-4,6-7,10-13,18-20H,5,8-9,14H2,1H3. The highest BCUT2D eigenvalue weighted by Gasteiger charge is 2.14. The Balaban J connectivity index is 1.85. The molecule has 2 aromatic rings. The molecule has 0 spiro atoms. The molecule has 2 aromatic carbocycles. The fourth-order valence-corrected chi connectivity index (χ4v) is 2.94. The molecule has 1 unspecified atom stereocenters. The molecule has 0 aliphatic carbocycles. The second-order valence-corrected chi connectivity index (χ2v) is 6.26. The first-order valence-electron chi connectivity index (χ1n) is 7.57. The van der Waals surface area contributed by atoms with Crippen LogP contribution in [0.2, 0.25) is 0 Å². The van der Waals surface area contributed by atoms with E-state index < -0.39 is 8.60 Å². The van der Waals surface area contributed by atoms with Crippen LogP contribution in [0, 0.1) is 6.92 Å². The van der Waals surface area contributed by atoms with E-state index in [9.17, 15) is 0 Å². The third-order valence-corrected chi connectivity index (χ3v) is 4.15. The lowest BCUT2D eigenvalue weighted by Gasteiger charge is -2.18. The number of hydrogen-bond donors (Lipinski definition) is 2. The van der Waals surface area contributed by atoms with Gasteiger partial charge in [-0.15, -0.1) is 0 Å². The van der Waals surface area contributed by atoms with Crippen molar-refractivity contribution in [2.45, 2.75) is 38.7 Å². The van der Waals surface area contributed by atoms with E-state index >= 15 is 0 Å². The van der Waals surface area contributed by atoms with E-state index in [0.717, 1.165) is 24.8 Å². The first-order valence-corrected chi connectivity index (χ1v) is 8.74. The second-order valence-electron chi connectivity index (χ2n) is 5.55. The number of benzene rings is 2. The lowest BCUT2D eigenvalue weighted by Crippen LogP contribution is -2.14. The Hall–Kier alpha value is -1.25. The summed E-state index contributed by atoms with van der Waals surface area (Å²) in [5.74, 6) is 0. The lowest BCUT2D eigenvalue weighted by molar-refractivity contribution is 0.160. The predicted octanol–water partition coefficient (Wildman–Crippen LogP) is 4.16. The molecule has 0 fully saturated rings. The van der Waals surface area contributed by atoms with E-state index in [1.54, 1.807) is 0 Å². The summed E-state index contributed by atoms with van der Waals surface area (Å²) in [7, 11) is -2.31. The molecule has 0 saturated carbocycles. The van der Waals surface area contributed by atoms with Gasteiger partial charge in [-0.3, -0.25) is 0 Å². The molecule has 2 rings (SSSR count). The summed E-state index contributed by atoms with van der Waals surface area (Å²) in [4.78, 5) is 18.3. The van der Waals surface area contributed by atoms with Crippen LogP contribution in [0.3, 0.4) is 0 Å². The smallest absolute Gasteiger partial charge is 0.327 e. The molecule has 0 aliphatic rings. The minimum absolute atomic E-state index is 0.158. The molecule has 0 amide bonds. The topological polar surface area (TPSA) is 49.7 Å². The zero-order valence-corrected chi connectivity index (χ0v) is 13.7. The molecule has 0 aromatic heterocycles. The first-order chi connectivity index (χ1) is 10.6. The summed E-state index contributed by atoms with van der Waals surface area (Å²) in [6, 6.07) is 18.5. The third-order valence-electron chi connectivity index (χ3n) is 3.66. The summed E-state index contributed by atoms with van der Waals surface area (Å²) in [6.07, 6.45) is 3.29. The normalized spacial score (nSPS) is 12.5. The van der Waals surface area contributed by atoms with Gasteiger partial charge in [-0.05, 0) is 43.7 Å². The summed E-state index contributed by atoms with van der Waals surface area (Å²) in [5.41, 5.74) is 3.72. The summed E-state index contributed by atoms with van der Waals surface area (Å²) < 4.78 is 5.29. The Morgan fingerprint density at radius 1 is 0.955 bits per heavy atom. The van der Waals surface area contributed by atoms with Crippen LogP contribution in [0.1, 0.15) is 29.5 Å². The Labute approximate surface area is 133 Å². The average molecular weight is 318 g/mol. The minimum Gasteiger partial charge on any atom is -0.328 e. The molecule has 22 heavy (non-hydrogen) atoms. The van der Waals surface area contributed by atoms with Crippen molar-refractivity contribution in [2.75, 3.05) is 0 Å². The Bertz CT molecular complexity index is 540. The molecule has 0 radical (unpaired) electrons. The van der Waals surface area contributed by atoms with Gasteiger partial charge in [-0.1, -0.05) is 60.2 Å². The van der Waals surface area contributed by atoms with Crippen molar-refractivity contribution in [1.82, 2.24) is 0 Å². The van der Waals surface area contributed by atoms with Crippen LogP contribution in [-0.2, 0) is 17.4 Å². The van der Waals surface area contributed by atoms with Crippen molar-refractivity contribution in [3.05, 3.63) is 71.3 Å². The molecule has 0 heterocycles. The van der Waals surface area contributed by atoms with Crippen molar-refractivity contribution in [1.29, 1.82) is 0 Å². The number of hydrogen-bond acceptors (Lipinski definition) is 3. The molecule has 3 nitrogen and oxygen atoms in total. The quantitative estimate of drug-likeness (QED) is 0.719. The zero-order chi connectivity index (χ0) is 15.8. The highest BCUT2D eigenvalue weighted by Crippen LogP contribution is 2.30. The van der Waals surface area contributed by atoms with E-state index in [1.165, 1.54) is 11.1 Å². The van der Waals surface area contributed by atoms with Crippen LogP contribution in [0.5, 0.6) is 0 Å². The van der Waals surface area contributed by atoms with Crippen molar-refractivity contribution < 1.29 is 14.3 Å². The first kappa shape index (κ1) is 17.1. The van der Waals surface area contributed by atoms with E-state index in [0.29, 0.717) is 6.42 Å². The van der Waals surface area contributed by atoms with Crippen molar-refractivity contribution >= 4 is 8.60 Å². The van der Waals surface area contributed by atoms with Crippen molar-refractivity contribution in [3.63, 3.8) is 0 Å². The van der Waals surface area contributed by atoms with Gasteiger partial charge in [0.25, 0.3) is 0 Å². The zero-order valence-electron chi connectivity index (χ0n) is 12.9. The Morgan fingerprint density at radius 2 is 1.64 bits per heavy atom. The fourth-order valence-electron chi connectivity index (χ4n) is 2.49. The van der Waals surface area contributed by atoms with Crippen LogP contribution in [0.25, 0.3) is 0 Å². The minimum atomic E-state index is -2.31. The van der Waals surface area contributed by atoms with Gasteiger partial charge >= 0.3 is 8.60 Å². The maximum absolute atomic E-state index is 9.15. The Kier molecular flexibility index (Phi) is 7.01. The van der Waals surface area contributed by atoms with E-state index in [1.807, 2.05) is 30.3 Å². The molecule has 4 heteroatoms. The molecule has 0 bridgehead atoms. The maximum atomic E-state index is 9.15. The second kappa shape index (κ2) is 9.02. The van der Waals surface area contributed by atoms with Gasteiger partial charge in [0.05, 0.1) is 6.10 Å². The molecule has 0 aliphatic heterocycles.